The van der Waals surface area contributed by atoms with Crippen LogP contribution in [-0.2, 0) is 0 Å². The lowest BCUT2D eigenvalue weighted by molar-refractivity contribution is -0.385. The second-order valence-electron chi connectivity index (χ2n) is 4.15. The van der Waals surface area contributed by atoms with Crippen LogP contribution < -0.4 is 9.47 Å². The van der Waals surface area contributed by atoms with Crippen molar-refractivity contribution in [1.82, 2.24) is 4.98 Å². The molecular formula is C15H14N2O4. The Labute approximate surface area is 121 Å². The van der Waals surface area contributed by atoms with E-state index in [4.69, 9.17) is 9.47 Å². The minimum absolute atomic E-state index is 0.0218. The van der Waals surface area contributed by atoms with Gasteiger partial charge in [-0.25, -0.2) is 4.98 Å². The van der Waals surface area contributed by atoms with Gasteiger partial charge in [0.05, 0.1) is 24.7 Å². The van der Waals surface area contributed by atoms with E-state index in [2.05, 4.69) is 4.98 Å². The Morgan fingerprint density at radius 3 is 2.52 bits per heavy atom. The maximum absolute atomic E-state index is 11.0. The summed E-state index contributed by atoms with van der Waals surface area (Å²) in [6.07, 6.45) is 5.03. The average Bonchev–Trinajstić information content (AvgIpc) is 2.52. The molecule has 0 saturated heterocycles. The van der Waals surface area contributed by atoms with Crippen molar-refractivity contribution in [1.29, 1.82) is 0 Å². The molecule has 1 heterocycles. The van der Waals surface area contributed by atoms with Crippen molar-refractivity contribution in [3.8, 4) is 11.6 Å². The normalized spacial score (nSPS) is 10.6. The Hall–Kier alpha value is -2.89. The number of hydrogen-bond donors (Lipinski definition) is 0. The number of rotatable bonds is 5. The van der Waals surface area contributed by atoms with Crippen molar-refractivity contribution in [2.24, 2.45) is 0 Å². The molecule has 1 aromatic carbocycles. The quantitative estimate of drug-likeness (QED) is 0.623. The molecule has 2 rings (SSSR count). The van der Waals surface area contributed by atoms with Crippen LogP contribution in [0.3, 0.4) is 0 Å². The number of nitro benzene ring substituents is 1. The van der Waals surface area contributed by atoms with Crippen LogP contribution >= 0.6 is 0 Å². The molecule has 0 aliphatic carbocycles. The third kappa shape index (κ3) is 3.56. The predicted molar refractivity (Wildman–Crippen MR) is 79.4 cm³/mol. The fourth-order valence-corrected chi connectivity index (χ4v) is 1.76. The molecule has 0 N–H and O–H groups in total. The molecule has 108 valence electrons. The van der Waals surface area contributed by atoms with Crippen LogP contribution in [0, 0.1) is 10.1 Å². The molecule has 1 aromatic heterocycles. The minimum atomic E-state index is -0.425. The zero-order valence-corrected chi connectivity index (χ0v) is 11.6. The van der Waals surface area contributed by atoms with Gasteiger partial charge in [-0.2, -0.15) is 0 Å². The van der Waals surface area contributed by atoms with Crippen molar-refractivity contribution < 1.29 is 14.4 Å². The summed E-state index contributed by atoms with van der Waals surface area (Å²) in [5.74, 6) is 1.08. The van der Waals surface area contributed by atoms with Crippen LogP contribution in [0.4, 0.5) is 5.69 Å². The second kappa shape index (κ2) is 6.51. The molecule has 0 bridgehead atoms. The Kier molecular flexibility index (Phi) is 4.50. The maximum atomic E-state index is 11.0. The molecule has 0 amide bonds. The number of nitro groups is 1. The number of ether oxygens (including phenoxy) is 2. The van der Waals surface area contributed by atoms with Crippen LogP contribution in [0.1, 0.15) is 11.1 Å². The first-order chi connectivity index (χ1) is 10.1. The number of benzene rings is 1. The van der Waals surface area contributed by atoms with Gasteiger partial charge in [-0.1, -0.05) is 6.08 Å². The summed E-state index contributed by atoms with van der Waals surface area (Å²) in [6.45, 7) is 0. The summed E-state index contributed by atoms with van der Waals surface area (Å²) in [7, 11) is 3.06. The number of hydrogen-bond acceptors (Lipinski definition) is 5. The van der Waals surface area contributed by atoms with E-state index in [1.165, 1.54) is 20.3 Å². The van der Waals surface area contributed by atoms with E-state index in [0.29, 0.717) is 17.2 Å². The Morgan fingerprint density at radius 2 is 1.95 bits per heavy atom. The molecule has 6 heteroatoms. The lowest BCUT2D eigenvalue weighted by atomic mass is 10.1. The van der Waals surface area contributed by atoms with Crippen molar-refractivity contribution in [3.05, 3.63) is 57.8 Å². The standard InChI is InChI=1S/C15H14N2O4/c1-20-13-6-7-14(17(18)19)12(9-13)5-3-11-4-8-15(21-2)16-10-11/h3-10H,1-2H3. The third-order valence-corrected chi connectivity index (χ3v) is 2.86. The van der Waals surface area contributed by atoms with Crippen molar-refractivity contribution in [3.63, 3.8) is 0 Å². The summed E-state index contributed by atoms with van der Waals surface area (Å²) in [4.78, 5) is 14.7. The molecule has 6 nitrogen and oxygen atoms in total. The van der Waals surface area contributed by atoms with Crippen molar-refractivity contribution >= 4 is 17.8 Å². The minimum Gasteiger partial charge on any atom is -0.497 e. The van der Waals surface area contributed by atoms with E-state index in [1.54, 1.807) is 36.5 Å². The smallest absolute Gasteiger partial charge is 0.276 e. The van der Waals surface area contributed by atoms with Gasteiger partial charge in [-0.15, -0.1) is 0 Å². The summed E-state index contributed by atoms with van der Waals surface area (Å²) in [5, 5.41) is 11.0. The first kappa shape index (κ1) is 14.5. The van der Waals surface area contributed by atoms with Gasteiger partial charge in [0.15, 0.2) is 0 Å². The first-order valence-electron chi connectivity index (χ1n) is 6.14. The fourth-order valence-electron chi connectivity index (χ4n) is 1.76. The summed E-state index contributed by atoms with van der Waals surface area (Å²) in [5.41, 5.74) is 1.30. The molecule has 0 aliphatic heterocycles. The third-order valence-electron chi connectivity index (χ3n) is 2.86. The zero-order valence-electron chi connectivity index (χ0n) is 11.6. The highest BCUT2D eigenvalue weighted by Crippen LogP contribution is 2.25. The summed E-state index contributed by atoms with van der Waals surface area (Å²) < 4.78 is 10.1. The number of aromatic nitrogens is 1. The van der Waals surface area contributed by atoms with E-state index < -0.39 is 4.92 Å². The Balaban J connectivity index is 2.31. The van der Waals surface area contributed by atoms with E-state index in [1.807, 2.05) is 6.07 Å². The molecule has 0 atom stereocenters. The average molecular weight is 286 g/mol. The molecule has 2 aromatic rings. The monoisotopic (exact) mass is 286 g/mol. The van der Waals surface area contributed by atoms with E-state index in [9.17, 15) is 10.1 Å². The first-order valence-corrected chi connectivity index (χ1v) is 6.14. The highest BCUT2D eigenvalue weighted by atomic mass is 16.6. The van der Waals surface area contributed by atoms with Gasteiger partial charge in [0.2, 0.25) is 5.88 Å². The van der Waals surface area contributed by atoms with Crippen LogP contribution in [-0.4, -0.2) is 24.1 Å². The maximum Gasteiger partial charge on any atom is 0.276 e. The highest BCUT2D eigenvalue weighted by molar-refractivity contribution is 5.74. The topological polar surface area (TPSA) is 74.5 Å². The van der Waals surface area contributed by atoms with Crippen LogP contribution in [0.2, 0.25) is 0 Å². The summed E-state index contributed by atoms with van der Waals surface area (Å²) >= 11 is 0. The summed E-state index contributed by atoms with van der Waals surface area (Å²) in [6, 6.07) is 8.13. The van der Waals surface area contributed by atoms with Gasteiger partial charge < -0.3 is 9.47 Å². The zero-order chi connectivity index (χ0) is 15.2. The van der Waals surface area contributed by atoms with Gasteiger partial charge in [-0.3, -0.25) is 10.1 Å². The van der Waals surface area contributed by atoms with Crippen molar-refractivity contribution in [2.75, 3.05) is 14.2 Å². The molecular weight excluding hydrogens is 272 g/mol. The molecule has 21 heavy (non-hydrogen) atoms. The van der Waals surface area contributed by atoms with E-state index in [-0.39, 0.29) is 5.69 Å². The Morgan fingerprint density at radius 1 is 1.14 bits per heavy atom. The van der Waals surface area contributed by atoms with Gasteiger partial charge in [-0.05, 0) is 29.8 Å². The lowest BCUT2D eigenvalue weighted by Gasteiger charge is -2.02. The lowest BCUT2D eigenvalue weighted by Crippen LogP contribution is -1.92. The predicted octanol–water partition coefficient (Wildman–Crippen LogP) is 3.18. The SMILES string of the molecule is COc1ccc([N+](=O)[O-])c(C=Cc2ccc(OC)nc2)c1. The van der Waals surface area contributed by atoms with Crippen LogP contribution in [0.25, 0.3) is 12.2 Å². The Bertz CT molecular complexity index is 666. The van der Waals surface area contributed by atoms with Gasteiger partial charge >= 0.3 is 0 Å². The molecule has 0 unspecified atom stereocenters. The van der Waals surface area contributed by atoms with Crippen LogP contribution in [0.15, 0.2) is 36.5 Å². The fraction of sp³-hybridized carbons (Fsp3) is 0.133. The van der Waals surface area contributed by atoms with Gasteiger partial charge in [0.1, 0.15) is 5.75 Å². The highest BCUT2D eigenvalue weighted by Gasteiger charge is 2.12. The molecule has 0 fully saturated rings. The van der Waals surface area contributed by atoms with Gasteiger partial charge in [0, 0.05) is 18.3 Å². The molecule has 0 spiro atoms. The molecule has 0 radical (unpaired) electrons. The number of pyridine rings is 1. The van der Waals surface area contributed by atoms with E-state index in [0.717, 1.165) is 5.56 Å². The molecule has 0 saturated carbocycles. The second-order valence-corrected chi connectivity index (χ2v) is 4.15. The molecule has 0 aliphatic rings. The van der Waals surface area contributed by atoms with E-state index >= 15 is 0 Å². The largest absolute Gasteiger partial charge is 0.497 e. The van der Waals surface area contributed by atoms with Crippen molar-refractivity contribution in [2.45, 2.75) is 0 Å². The van der Waals surface area contributed by atoms with Crippen LogP contribution in [0.5, 0.6) is 11.6 Å². The van der Waals surface area contributed by atoms with Gasteiger partial charge in [0.25, 0.3) is 5.69 Å². The number of nitrogens with zero attached hydrogens (tertiary/aromatic N) is 2. The number of methoxy groups -OCH3 is 2.